The Bertz CT molecular complexity index is 692. The molecule has 3 heterocycles. The first-order chi connectivity index (χ1) is 11.8. The molecule has 1 saturated carbocycles. The third-order valence-corrected chi connectivity index (χ3v) is 5.54. The summed E-state index contributed by atoms with van der Waals surface area (Å²) < 4.78 is 0. The molecule has 2 aromatic rings. The molecule has 0 radical (unpaired) electrons. The van der Waals surface area contributed by atoms with Crippen molar-refractivity contribution in [1.29, 1.82) is 0 Å². The highest BCUT2D eigenvalue weighted by Gasteiger charge is 2.27. The lowest BCUT2D eigenvalue weighted by Gasteiger charge is -2.32. The van der Waals surface area contributed by atoms with Gasteiger partial charge in [-0.15, -0.1) is 11.3 Å². The molecule has 1 N–H and O–H groups in total. The molecule has 1 aliphatic carbocycles. The summed E-state index contributed by atoms with van der Waals surface area (Å²) in [5.41, 5.74) is 1.23. The molecule has 2 aliphatic rings. The number of nitrogens with one attached hydrogen (secondary N) is 1. The van der Waals surface area contributed by atoms with E-state index >= 15 is 0 Å². The molecule has 0 spiro atoms. The van der Waals surface area contributed by atoms with Crippen LogP contribution in [0.3, 0.4) is 0 Å². The normalized spacial score (nSPS) is 18.8. The predicted octanol–water partition coefficient (Wildman–Crippen LogP) is 2.20. The Hall–Kier alpha value is -1.86. The standard InChI is InChI=1S/C17H21N5OS/c23-17(15-11-24-16(21-15)14-10-18-5-6-19-14)22-7-3-13(4-8-22)20-9-12-1-2-12/h5-6,10-13,20H,1-4,7-9H2. The van der Waals surface area contributed by atoms with Gasteiger partial charge in [-0.2, -0.15) is 0 Å². The van der Waals surface area contributed by atoms with Crippen molar-refractivity contribution in [1.82, 2.24) is 25.2 Å². The Kier molecular flexibility index (Phi) is 4.53. The molecule has 24 heavy (non-hydrogen) atoms. The lowest BCUT2D eigenvalue weighted by molar-refractivity contribution is 0.0700. The zero-order valence-electron chi connectivity index (χ0n) is 13.5. The molecule has 0 bridgehead atoms. The highest BCUT2D eigenvalue weighted by Crippen LogP contribution is 2.28. The van der Waals surface area contributed by atoms with Crippen LogP contribution in [-0.2, 0) is 0 Å². The fourth-order valence-electron chi connectivity index (χ4n) is 3.00. The Morgan fingerprint density at radius 3 is 2.79 bits per heavy atom. The van der Waals surface area contributed by atoms with Crippen LogP contribution in [0, 0.1) is 5.92 Å². The Morgan fingerprint density at radius 1 is 1.25 bits per heavy atom. The maximum atomic E-state index is 12.6. The van der Waals surface area contributed by atoms with Crippen LogP contribution in [-0.4, -0.2) is 51.4 Å². The van der Waals surface area contributed by atoms with Gasteiger partial charge in [0.2, 0.25) is 0 Å². The van der Waals surface area contributed by atoms with E-state index in [1.54, 1.807) is 18.6 Å². The first-order valence-corrected chi connectivity index (χ1v) is 9.42. The number of amides is 1. The number of hydrogen-bond acceptors (Lipinski definition) is 6. The van der Waals surface area contributed by atoms with E-state index in [1.165, 1.54) is 24.2 Å². The van der Waals surface area contributed by atoms with Crippen molar-refractivity contribution in [2.24, 2.45) is 5.92 Å². The van der Waals surface area contributed by atoms with E-state index in [0.29, 0.717) is 17.4 Å². The fourth-order valence-corrected chi connectivity index (χ4v) is 3.76. The Morgan fingerprint density at radius 2 is 2.08 bits per heavy atom. The second-order valence-corrected chi connectivity index (χ2v) is 7.40. The van der Waals surface area contributed by atoms with Crippen LogP contribution in [0.4, 0.5) is 0 Å². The van der Waals surface area contributed by atoms with Crippen LogP contribution in [0.2, 0.25) is 0 Å². The van der Waals surface area contributed by atoms with Crippen LogP contribution in [0.1, 0.15) is 36.2 Å². The highest BCUT2D eigenvalue weighted by molar-refractivity contribution is 7.13. The molecule has 126 valence electrons. The van der Waals surface area contributed by atoms with Crippen molar-refractivity contribution in [2.75, 3.05) is 19.6 Å². The van der Waals surface area contributed by atoms with Gasteiger partial charge < -0.3 is 10.2 Å². The van der Waals surface area contributed by atoms with Gasteiger partial charge in [0.05, 0.1) is 6.20 Å². The van der Waals surface area contributed by atoms with Gasteiger partial charge in [-0.3, -0.25) is 14.8 Å². The second kappa shape index (κ2) is 6.94. The highest BCUT2D eigenvalue weighted by atomic mass is 32.1. The van der Waals surface area contributed by atoms with Crippen molar-refractivity contribution in [2.45, 2.75) is 31.7 Å². The molecule has 2 aromatic heterocycles. The van der Waals surface area contributed by atoms with Crippen molar-refractivity contribution >= 4 is 17.2 Å². The minimum absolute atomic E-state index is 0.0297. The minimum Gasteiger partial charge on any atom is -0.337 e. The van der Waals surface area contributed by atoms with Gasteiger partial charge in [0.15, 0.2) is 0 Å². The number of likely N-dealkylation sites (tertiary alicyclic amines) is 1. The van der Waals surface area contributed by atoms with Gasteiger partial charge in [-0.05, 0) is 38.1 Å². The number of carbonyl (C=O) groups excluding carboxylic acids is 1. The quantitative estimate of drug-likeness (QED) is 0.901. The van der Waals surface area contributed by atoms with Gasteiger partial charge in [-0.25, -0.2) is 4.98 Å². The first-order valence-electron chi connectivity index (χ1n) is 8.54. The lowest BCUT2D eigenvalue weighted by Crippen LogP contribution is -2.45. The maximum absolute atomic E-state index is 12.6. The summed E-state index contributed by atoms with van der Waals surface area (Å²) in [4.78, 5) is 27.3. The van der Waals surface area contributed by atoms with Gasteiger partial charge in [0, 0.05) is 36.9 Å². The first kappa shape index (κ1) is 15.7. The summed E-state index contributed by atoms with van der Waals surface area (Å²) in [6, 6.07) is 0.556. The van der Waals surface area contributed by atoms with Crippen molar-refractivity contribution in [3.63, 3.8) is 0 Å². The third-order valence-electron chi connectivity index (χ3n) is 4.68. The molecule has 0 unspecified atom stereocenters. The summed E-state index contributed by atoms with van der Waals surface area (Å²) >= 11 is 1.44. The van der Waals surface area contributed by atoms with E-state index in [0.717, 1.165) is 43.4 Å². The molecule has 1 saturated heterocycles. The average Bonchev–Trinajstić information content (AvgIpc) is 3.34. The van der Waals surface area contributed by atoms with Crippen molar-refractivity contribution in [3.8, 4) is 10.7 Å². The summed E-state index contributed by atoms with van der Waals surface area (Å²) in [7, 11) is 0. The largest absolute Gasteiger partial charge is 0.337 e. The second-order valence-electron chi connectivity index (χ2n) is 6.55. The summed E-state index contributed by atoms with van der Waals surface area (Å²) in [5.74, 6) is 0.932. The van der Waals surface area contributed by atoms with E-state index < -0.39 is 0 Å². The van der Waals surface area contributed by atoms with E-state index in [2.05, 4.69) is 20.3 Å². The smallest absolute Gasteiger partial charge is 0.273 e. The van der Waals surface area contributed by atoms with Crippen LogP contribution in [0.5, 0.6) is 0 Å². The van der Waals surface area contributed by atoms with Gasteiger partial charge in [-0.1, -0.05) is 0 Å². The molecule has 0 atom stereocenters. The van der Waals surface area contributed by atoms with Crippen molar-refractivity contribution in [3.05, 3.63) is 29.7 Å². The maximum Gasteiger partial charge on any atom is 0.273 e. The number of nitrogens with zero attached hydrogens (tertiary/aromatic N) is 4. The van der Waals surface area contributed by atoms with E-state index in [-0.39, 0.29) is 5.91 Å². The van der Waals surface area contributed by atoms with Crippen LogP contribution in [0.15, 0.2) is 24.0 Å². The Balaban J connectivity index is 1.34. The third kappa shape index (κ3) is 3.62. The number of hydrogen-bond donors (Lipinski definition) is 1. The zero-order chi connectivity index (χ0) is 16.4. The Labute approximate surface area is 145 Å². The summed E-state index contributed by atoms with van der Waals surface area (Å²) in [5, 5.41) is 6.21. The van der Waals surface area contributed by atoms with Crippen molar-refractivity contribution < 1.29 is 4.79 Å². The molecular weight excluding hydrogens is 322 g/mol. The zero-order valence-corrected chi connectivity index (χ0v) is 14.3. The van der Waals surface area contributed by atoms with E-state index in [4.69, 9.17) is 0 Å². The molecule has 1 aliphatic heterocycles. The fraction of sp³-hybridized carbons (Fsp3) is 0.529. The minimum atomic E-state index is 0.0297. The van der Waals surface area contributed by atoms with Gasteiger partial charge in [0.25, 0.3) is 5.91 Å². The van der Waals surface area contributed by atoms with Crippen LogP contribution in [0.25, 0.3) is 10.7 Å². The van der Waals surface area contributed by atoms with Crippen LogP contribution < -0.4 is 5.32 Å². The summed E-state index contributed by atoms with van der Waals surface area (Å²) in [6.45, 7) is 2.75. The lowest BCUT2D eigenvalue weighted by atomic mass is 10.0. The van der Waals surface area contributed by atoms with Crippen LogP contribution >= 0.6 is 11.3 Å². The molecule has 4 rings (SSSR count). The molecule has 0 aromatic carbocycles. The molecule has 7 heteroatoms. The molecule has 6 nitrogen and oxygen atoms in total. The monoisotopic (exact) mass is 343 g/mol. The van der Waals surface area contributed by atoms with E-state index in [9.17, 15) is 4.79 Å². The topological polar surface area (TPSA) is 71.0 Å². The van der Waals surface area contributed by atoms with Gasteiger partial charge >= 0.3 is 0 Å². The molecular formula is C17H21N5OS. The predicted molar refractivity (Wildman–Crippen MR) is 92.8 cm³/mol. The van der Waals surface area contributed by atoms with Gasteiger partial charge in [0.1, 0.15) is 16.4 Å². The number of carbonyl (C=O) groups is 1. The van der Waals surface area contributed by atoms with E-state index in [1.807, 2.05) is 10.3 Å². The molecule has 1 amide bonds. The average molecular weight is 343 g/mol. The summed E-state index contributed by atoms with van der Waals surface area (Å²) in [6.07, 6.45) is 9.75. The number of piperidine rings is 1. The number of thiazole rings is 1. The molecule has 2 fully saturated rings. The SMILES string of the molecule is O=C(c1csc(-c2cnccn2)n1)N1CCC(NCC2CC2)CC1. The number of aromatic nitrogens is 3. The number of rotatable bonds is 5.